The van der Waals surface area contributed by atoms with Gasteiger partial charge in [-0.15, -0.1) is 0 Å². The zero-order chi connectivity index (χ0) is 10.8. The Kier molecular flexibility index (Phi) is 2.76. The molecular weight excluding hydrogens is 194 g/mol. The van der Waals surface area contributed by atoms with Crippen molar-refractivity contribution >= 4 is 5.97 Å². The van der Waals surface area contributed by atoms with Gasteiger partial charge in [0.05, 0.1) is 0 Å². The molecule has 0 spiro atoms. The summed E-state index contributed by atoms with van der Waals surface area (Å²) in [5, 5.41) is 8.36. The number of nitrogens with two attached hydrogens (primary N) is 1. The molecule has 6 heteroatoms. The van der Waals surface area contributed by atoms with Crippen molar-refractivity contribution < 1.29 is 18.7 Å². The molecular formula is C8H8F2N2O2. The van der Waals surface area contributed by atoms with Gasteiger partial charge in [0, 0.05) is 18.0 Å². The maximum atomic E-state index is 13.3. The van der Waals surface area contributed by atoms with Gasteiger partial charge in [-0.05, 0) is 12.1 Å². The van der Waals surface area contributed by atoms with Crippen LogP contribution in [0.15, 0.2) is 24.5 Å². The topological polar surface area (TPSA) is 76.2 Å². The molecule has 1 heterocycles. The lowest BCUT2D eigenvalue weighted by Gasteiger charge is -2.20. The van der Waals surface area contributed by atoms with E-state index >= 15 is 0 Å². The van der Waals surface area contributed by atoms with Crippen LogP contribution in [0.4, 0.5) is 8.78 Å². The van der Waals surface area contributed by atoms with Crippen LogP contribution < -0.4 is 5.73 Å². The van der Waals surface area contributed by atoms with Crippen molar-refractivity contribution in [2.45, 2.75) is 12.0 Å². The molecule has 3 N–H and O–H groups in total. The van der Waals surface area contributed by atoms with E-state index in [9.17, 15) is 13.6 Å². The van der Waals surface area contributed by atoms with Gasteiger partial charge in [-0.3, -0.25) is 9.78 Å². The number of aromatic nitrogens is 1. The first-order valence-electron chi connectivity index (χ1n) is 3.73. The molecule has 0 aliphatic carbocycles. The van der Waals surface area contributed by atoms with Crippen LogP contribution in [-0.4, -0.2) is 22.1 Å². The molecule has 1 aromatic rings. The summed E-state index contributed by atoms with van der Waals surface area (Å²) in [6, 6.07) is -0.184. The molecule has 0 fully saturated rings. The number of halogens is 2. The third-order valence-corrected chi connectivity index (χ3v) is 1.72. The van der Waals surface area contributed by atoms with Crippen LogP contribution in [0, 0.1) is 0 Å². The average molecular weight is 202 g/mol. The summed E-state index contributed by atoms with van der Waals surface area (Å²) >= 11 is 0. The highest BCUT2D eigenvalue weighted by molar-refractivity contribution is 5.74. The highest BCUT2D eigenvalue weighted by Crippen LogP contribution is 2.30. The van der Waals surface area contributed by atoms with Gasteiger partial charge in [0.1, 0.15) is 0 Å². The van der Waals surface area contributed by atoms with Crippen molar-refractivity contribution in [3.63, 3.8) is 0 Å². The van der Waals surface area contributed by atoms with Crippen LogP contribution in [0.2, 0.25) is 0 Å². The summed E-state index contributed by atoms with van der Waals surface area (Å²) in [4.78, 5) is 13.8. The molecule has 14 heavy (non-hydrogen) atoms. The van der Waals surface area contributed by atoms with E-state index in [1.165, 1.54) is 0 Å². The minimum absolute atomic E-state index is 0.456. The number of carboxylic acid groups (broad SMARTS) is 1. The van der Waals surface area contributed by atoms with Gasteiger partial charge < -0.3 is 10.8 Å². The van der Waals surface area contributed by atoms with Crippen molar-refractivity contribution in [3.8, 4) is 0 Å². The molecule has 1 aromatic heterocycles. The van der Waals surface area contributed by atoms with Crippen LogP contribution in [0.1, 0.15) is 5.56 Å². The number of nitrogens with zero attached hydrogens (tertiary/aromatic N) is 1. The molecule has 0 bridgehead atoms. The van der Waals surface area contributed by atoms with E-state index in [-0.39, 0.29) is 0 Å². The monoisotopic (exact) mass is 202 g/mol. The molecule has 1 rings (SSSR count). The van der Waals surface area contributed by atoms with Crippen LogP contribution in [0.5, 0.6) is 0 Å². The Labute approximate surface area is 78.4 Å². The van der Waals surface area contributed by atoms with Gasteiger partial charge >= 0.3 is 5.97 Å². The van der Waals surface area contributed by atoms with E-state index in [0.29, 0.717) is 0 Å². The molecule has 0 aromatic carbocycles. The molecule has 0 amide bonds. The number of carboxylic acids is 1. The van der Waals surface area contributed by atoms with Crippen LogP contribution in [0.25, 0.3) is 0 Å². The van der Waals surface area contributed by atoms with Gasteiger partial charge in [0.2, 0.25) is 0 Å². The van der Waals surface area contributed by atoms with Crippen LogP contribution in [-0.2, 0) is 10.7 Å². The third-order valence-electron chi connectivity index (χ3n) is 1.72. The summed E-state index contributed by atoms with van der Waals surface area (Å²) in [7, 11) is 0. The summed E-state index contributed by atoms with van der Waals surface area (Å²) < 4.78 is 26.5. The van der Waals surface area contributed by atoms with Crippen molar-refractivity contribution in [1.29, 1.82) is 0 Å². The Hall–Kier alpha value is -1.56. The predicted molar refractivity (Wildman–Crippen MR) is 43.7 cm³/mol. The zero-order valence-corrected chi connectivity index (χ0v) is 7.02. The van der Waals surface area contributed by atoms with Crippen LogP contribution in [0.3, 0.4) is 0 Å². The Balaban J connectivity index is 3.02. The normalized spacial score (nSPS) is 13.6. The molecule has 0 aliphatic rings. The first-order chi connectivity index (χ1) is 6.46. The summed E-state index contributed by atoms with van der Waals surface area (Å²) in [6.07, 6.45) is 2.30. The van der Waals surface area contributed by atoms with Gasteiger partial charge in [0.15, 0.2) is 6.04 Å². The minimum Gasteiger partial charge on any atom is -0.480 e. The second-order valence-corrected chi connectivity index (χ2v) is 2.67. The molecule has 0 saturated carbocycles. The maximum Gasteiger partial charge on any atom is 0.327 e. The van der Waals surface area contributed by atoms with E-state index in [1.54, 1.807) is 0 Å². The van der Waals surface area contributed by atoms with E-state index in [2.05, 4.69) is 4.98 Å². The SMILES string of the molecule is NC(C(=O)O)C(F)(F)c1ccncc1. The first kappa shape index (κ1) is 10.5. The minimum atomic E-state index is -3.59. The first-order valence-corrected chi connectivity index (χ1v) is 3.73. The van der Waals surface area contributed by atoms with E-state index in [1.807, 2.05) is 0 Å². The summed E-state index contributed by atoms with van der Waals surface area (Å²) in [5.41, 5.74) is 4.40. The second kappa shape index (κ2) is 3.67. The van der Waals surface area contributed by atoms with Gasteiger partial charge in [-0.1, -0.05) is 0 Å². The Bertz CT molecular complexity index is 329. The smallest absolute Gasteiger partial charge is 0.327 e. The quantitative estimate of drug-likeness (QED) is 0.751. The highest BCUT2D eigenvalue weighted by atomic mass is 19.3. The number of hydrogen-bond acceptors (Lipinski definition) is 3. The van der Waals surface area contributed by atoms with Crippen LogP contribution >= 0.6 is 0 Å². The number of rotatable bonds is 3. The Morgan fingerprint density at radius 2 is 2.00 bits per heavy atom. The van der Waals surface area contributed by atoms with E-state index in [0.717, 1.165) is 24.5 Å². The molecule has 1 atom stereocenters. The van der Waals surface area contributed by atoms with Gasteiger partial charge in [0.25, 0.3) is 5.92 Å². The zero-order valence-electron chi connectivity index (χ0n) is 7.02. The fraction of sp³-hybridized carbons (Fsp3) is 0.250. The van der Waals surface area contributed by atoms with E-state index < -0.39 is 23.5 Å². The molecule has 0 radical (unpaired) electrons. The van der Waals surface area contributed by atoms with Gasteiger partial charge in [-0.25, -0.2) is 0 Å². The number of carbonyl (C=O) groups is 1. The summed E-state index contributed by atoms with van der Waals surface area (Å²) in [5.74, 6) is -5.33. The molecule has 4 nitrogen and oxygen atoms in total. The lowest BCUT2D eigenvalue weighted by Crippen LogP contribution is -2.45. The molecule has 0 aliphatic heterocycles. The molecule has 76 valence electrons. The number of aliphatic carboxylic acids is 1. The number of alkyl halides is 2. The lowest BCUT2D eigenvalue weighted by molar-refractivity contribution is -0.149. The maximum absolute atomic E-state index is 13.3. The lowest BCUT2D eigenvalue weighted by atomic mass is 10.0. The van der Waals surface area contributed by atoms with E-state index in [4.69, 9.17) is 10.8 Å². The third kappa shape index (κ3) is 1.85. The molecule has 0 saturated heterocycles. The fourth-order valence-electron chi connectivity index (χ4n) is 0.909. The summed E-state index contributed by atoms with van der Waals surface area (Å²) in [6.45, 7) is 0. The van der Waals surface area contributed by atoms with Crippen molar-refractivity contribution in [3.05, 3.63) is 30.1 Å². The Morgan fingerprint density at radius 1 is 1.50 bits per heavy atom. The fourth-order valence-corrected chi connectivity index (χ4v) is 0.909. The molecule has 1 unspecified atom stereocenters. The number of hydrogen-bond donors (Lipinski definition) is 2. The van der Waals surface area contributed by atoms with Crippen molar-refractivity contribution in [1.82, 2.24) is 4.98 Å². The predicted octanol–water partition coefficient (Wildman–Crippen LogP) is 0.585. The number of pyridine rings is 1. The van der Waals surface area contributed by atoms with Crippen molar-refractivity contribution in [2.75, 3.05) is 0 Å². The highest BCUT2D eigenvalue weighted by Gasteiger charge is 2.43. The average Bonchev–Trinajstić information content (AvgIpc) is 2.18. The standard InChI is InChI=1S/C8H8F2N2O2/c9-8(10,6(11)7(13)14)5-1-3-12-4-2-5/h1-4,6H,11H2,(H,13,14). The van der Waals surface area contributed by atoms with Crippen molar-refractivity contribution in [2.24, 2.45) is 5.73 Å². The van der Waals surface area contributed by atoms with Gasteiger partial charge in [-0.2, -0.15) is 8.78 Å². The largest absolute Gasteiger partial charge is 0.480 e. The second-order valence-electron chi connectivity index (χ2n) is 2.67. The Morgan fingerprint density at radius 3 is 2.43 bits per heavy atom.